The third-order valence-electron chi connectivity index (χ3n) is 2.74. The van der Waals surface area contributed by atoms with Crippen LogP contribution < -0.4 is 11.3 Å². The van der Waals surface area contributed by atoms with Crippen molar-refractivity contribution < 1.29 is 4.42 Å². The first-order chi connectivity index (χ1) is 7.81. The Kier molecular flexibility index (Phi) is 3.77. The third-order valence-corrected chi connectivity index (χ3v) is 3.67. The monoisotopic (exact) mass is 236 g/mol. The lowest BCUT2D eigenvalue weighted by atomic mass is 10.0. The van der Waals surface area contributed by atoms with Gasteiger partial charge in [-0.1, -0.05) is 6.07 Å². The minimum atomic E-state index is 0.167. The van der Waals surface area contributed by atoms with Crippen LogP contribution >= 0.6 is 11.3 Å². The van der Waals surface area contributed by atoms with Crippen LogP contribution in [0.4, 0.5) is 0 Å². The Balaban J connectivity index is 1.99. The molecule has 0 aliphatic rings. The number of rotatable bonds is 5. The van der Waals surface area contributed by atoms with Crippen LogP contribution in [-0.4, -0.2) is 0 Å². The van der Waals surface area contributed by atoms with Crippen molar-refractivity contribution in [3.05, 3.63) is 46.0 Å². The molecule has 0 amide bonds. The fourth-order valence-electron chi connectivity index (χ4n) is 1.83. The number of thiophene rings is 1. The quantitative estimate of drug-likeness (QED) is 0.620. The van der Waals surface area contributed by atoms with Crippen LogP contribution in [0.15, 0.2) is 34.3 Å². The molecule has 1 unspecified atom stereocenters. The van der Waals surface area contributed by atoms with Gasteiger partial charge in [0.2, 0.25) is 0 Å². The summed E-state index contributed by atoms with van der Waals surface area (Å²) in [4.78, 5) is 1.39. The van der Waals surface area contributed by atoms with Crippen molar-refractivity contribution in [3.63, 3.8) is 0 Å². The highest BCUT2D eigenvalue weighted by molar-refractivity contribution is 7.09. The van der Waals surface area contributed by atoms with Gasteiger partial charge in [-0.05, 0) is 37.3 Å². The molecule has 1 atom stereocenters. The molecule has 16 heavy (non-hydrogen) atoms. The van der Waals surface area contributed by atoms with Crippen molar-refractivity contribution in [2.45, 2.75) is 25.8 Å². The number of hydrazine groups is 1. The number of nitrogens with two attached hydrogens (primary N) is 1. The standard InChI is InChI=1S/C12H16N2OS/c1-9-11(6-7-15-9)12(14-13)5-4-10-3-2-8-16-10/h2-3,6-8,12,14H,4-5,13H2,1H3. The Hall–Kier alpha value is -1.10. The Bertz CT molecular complexity index is 422. The predicted octanol–water partition coefficient (Wildman–Crippen LogP) is 2.79. The first-order valence-electron chi connectivity index (χ1n) is 5.33. The Morgan fingerprint density at radius 3 is 2.94 bits per heavy atom. The molecule has 0 saturated carbocycles. The molecule has 86 valence electrons. The lowest BCUT2D eigenvalue weighted by Gasteiger charge is -2.14. The Morgan fingerprint density at radius 1 is 1.50 bits per heavy atom. The van der Waals surface area contributed by atoms with Crippen LogP contribution in [0.25, 0.3) is 0 Å². The van der Waals surface area contributed by atoms with Gasteiger partial charge in [0.05, 0.1) is 6.26 Å². The molecule has 0 radical (unpaired) electrons. The van der Waals surface area contributed by atoms with Crippen LogP contribution in [-0.2, 0) is 6.42 Å². The average molecular weight is 236 g/mol. The van der Waals surface area contributed by atoms with E-state index in [1.54, 1.807) is 17.6 Å². The molecule has 4 heteroatoms. The van der Waals surface area contributed by atoms with Gasteiger partial charge in [0.15, 0.2) is 0 Å². The summed E-state index contributed by atoms with van der Waals surface area (Å²) in [7, 11) is 0. The van der Waals surface area contributed by atoms with Crippen molar-refractivity contribution in [2.75, 3.05) is 0 Å². The molecule has 2 heterocycles. The van der Waals surface area contributed by atoms with Crippen molar-refractivity contribution in [2.24, 2.45) is 5.84 Å². The molecule has 3 nitrogen and oxygen atoms in total. The summed E-state index contributed by atoms with van der Waals surface area (Å²) in [6.07, 6.45) is 3.73. The van der Waals surface area contributed by atoms with E-state index in [1.807, 2.05) is 13.0 Å². The first kappa shape index (κ1) is 11.4. The van der Waals surface area contributed by atoms with E-state index in [0.717, 1.165) is 24.2 Å². The van der Waals surface area contributed by atoms with E-state index < -0.39 is 0 Å². The van der Waals surface area contributed by atoms with Gasteiger partial charge in [0, 0.05) is 16.5 Å². The maximum absolute atomic E-state index is 5.58. The fourth-order valence-corrected chi connectivity index (χ4v) is 2.55. The molecule has 2 aromatic heterocycles. The molecule has 0 aromatic carbocycles. The molecule has 0 bridgehead atoms. The van der Waals surface area contributed by atoms with Crippen LogP contribution in [0.3, 0.4) is 0 Å². The lowest BCUT2D eigenvalue weighted by Crippen LogP contribution is -2.28. The van der Waals surface area contributed by atoms with Gasteiger partial charge < -0.3 is 4.42 Å². The minimum Gasteiger partial charge on any atom is -0.469 e. The van der Waals surface area contributed by atoms with Crippen LogP contribution in [0.5, 0.6) is 0 Å². The number of nitrogens with one attached hydrogen (secondary N) is 1. The van der Waals surface area contributed by atoms with E-state index >= 15 is 0 Å². The zero-order chi connectivity index (χ0) is 11.4. The van der Waals surface area contributed by atoms with Gasteiger partial charge in [-0.15, -0.1) is 11.3 Å². The first-order valence-corrected chi connectivity index (χ1v) is 6.21. The van der Waals surface area contributed by atoms with E-state index in [-0.39, 0.29) is 6.04 Å². The van der Waals surface area contributed by atoms with E-state index in [0.29, 0.717) is 0 Å². The summed E-state index contributed by atoms with van der Waals surface area (Å²) >= 11 is 1.78. The van der Waals surface area contributed by atoms with Crippen LogP contribution in [0.2, 0.25) is 0 Å². The molecule has 0 aliphatic carbocycles. The smallest absolute Gasteiger partial charge is 0.105 e. The maximum Gasteiger partial charge on any atom is 0.105 e. The van der Waals surface area contributed by atoms with Crippen molar-refractivity contribution in [1.82, 2.24) is 5.43 Å². The molecule has 0 fully saturated rings. The molecular formula is C12H16N2OS. The minimum absolute atomic E-state index is 0.167. The molecule has 2 aromatic rings. The van der Waals surface area contributed by atoms with E-state index in [9.17, 15) is 0 Å². The van der Waals surface area contributed by atoms with Crippen molar-refractivity contribution >= 4 is 11.3 Å². The summed E-state index contributed by atoms with van der Waals surface area (Å²) < 4.78 is 5.29. The summed E-state index contributed by atoms with van der Waals surface area (Å²) in [5.41, 5.74) is 4.00. The highest BCUT2D eigenvalue weighted by Crippen LogP contribution is 2.23. The SMILES string of the molecule is Cc1occc1C(CCc1cccs1)NN. The number of hydrogen-bond donors (Lipinski definition) is 2. The number of aryl methyl sites for hydroxylation is 2. The summed E-state index contributed by atoms with van der Waals surface area (Å²) in [5.74, 6) is 6.52. The van der Waals surface area contributed by atoms with Crippen molar-refractivity contribution in [1.29, 1.82) is 0 Å². The summed E-state index contributed by atoms with van der Waals surface area (Å²) in [6, 6.07) is 6.38. The van der Waals surface area contributed by atoms with Gasteiger partial charge in [-0.25, -0.2) is 0 Å². The Labute approximate surface area is 99.2 Å². The third kappa shape index (κ3) is 2.52. The van der Waals surface area contributed by atoms with Gasteiger partial charge in [-0.3, -0.25) is 11.3 Å². The molecular weight excluding hydrogens is 220 g/mol. The maximum atomic E-state index is 5.58. The van der Waals surface area contributed by atoms with Gasteiger partial charge in [0.25, 0.3) is 0 Å². The normalized spacial score (nSPS) is 12.9. The number of hydrogen-bond acceptors (Lipinski definition) is 4. The van der Waals surface area contributed by atoms with Gasteiger partial charge >= 0.3 is 0 Å². The zero-order valence-corrected chi connectivity index (χ0v) is 10.1. The van der Waals surface area contributed by atoms with E-state index in [2.05, 4.69) is 22.9 Å². The predicted molar refractivity (Wildman–Crippen MR) is 66.1 cm³/mol. The largest absolute Gasteiger partial charge is 0.469 e. The highest BCUT2D eigenvalue weighted by atomic mass is 32.1. The molecule has 3 N–H and O–H groups in total. The highest BCUT2D eigenvalue weighted by Gasteiger charge is 2.14. The second kappa shape index (κ2) is 5.30. The Morgan fingerprint density at radius 2 is 2.38 bits per heavy atom. The van der Waals surface area contributed by atoms with Gasteiger partial charge in [-0.2, -0.15) is 0 Å². The molecule has 0 spiro atoms. The topological polar surface area (TPSA) is 51.2 Å². The lowest BCUT2D eigenvalue weighted by molar-refractivity contribution is 0.486. The fraction of sp³-hybridized carbons (Fsp3) is 0.333. The van der Waals surface area contributed by atoms with Crippen LogP contribution in [0.1, 0.15) is 28.7 Å². The van der Waals surface area contributed by atoms with E-state index in [4.69, 9.17) is 10.3 Å². The summed E-state index contributed by atoms with van der Waals surface area (Å²) in [6.45, 7) is 1.96. The van der Waals surface area contributed by atoms with Gasteiger partial charge in [0.1, 0.15) is 5.76 Å². The summed E-state index contributed by atoms with van der Waals surface area (Å²) in [5, 5.41) is 2.10. The van der Waals surface area contributed by atoms with Crippen LogP contribution in [0, 0.1) is 6.92 Å². The zero-order valence-electron chi connectivity index (χ0n) is 9.27. The second-order valence-electron chi connectivity index (χ2n) is 3.77. The average Bonchev–Trinajstić information content (AvgIpc) is 2.92. The molecule has 0 aliphatic heterocycles. The number of furan rings is 1. The van der Waals surface area contributed by atoms with E-state index in [1.165, 1.54) is 4.88 Å². The second-order valence-corrected chi connectivity index (χ2v) is 4.80. The molecule has 2 rings (SSSR count). The van der Waals surface area contributed by atoms with Crippen molar-refractivity contribution in [3.8, 4) is 0 Å². The molecule has 0 saturated heterocycles.